The Bertz CT molecular complexity index is 255. The molecule has 0 aromatic carbocycles. The maximum absolute atomic E-state index is 11.3. The number of rotatable bonds is 2. The molecule has 1 heterocycles. The van der Waals surface area contributed by atoms with Gasteiger partial charge in [0.25, 0.3) is 0 Å². The Kier molecular flexibility index (Phi) is 7.18. The van der Waals surface area contributed by atoms with Crippen molar-refractivity contribution in [1.29, 1.82) is 0 Å². The molecule has 0 spiro atoms. The molecule has 1 aliphatic rings. The summed E-state index contributed by atoms with van der Waals surface area (Å²) in [6.07, 6.45) is -0.395. The first kappa shape index (κ1) is 15.3. The second-order valence-electron chi connectivity index (χ2n) is 2.97. The second-order valence-corrected chi connectivity index (χ2v) is 2.97. The second kappa shape index (κ2) is 7.53. The smallest absolute Gasteiger partial charge is 0.737 e. The minimum Gasteiger partial charge on any atom is -0.737 e. The fourth-order valence-electron chi connectivity index (χ4n) is 1.32. The van der Waals surface area contributed by atoms with Crippen LogP contribution in [0.15, 0.2) is 5.28 Å². The van der Waals surface area contributed by atoms with E-state index in [1.807, 2.05) is 0 Å². The van der Waals surface area contributed by atoms with Crippen LogP contribution >= 0.6 is 0 Å². The number of hydrazine groups is 1. The van der Waals surface area contributed by atoms with Gasteiger partial charge in [-0.25, -0.2) is 4.79 Å². The van der Waals surface area contributed by atoms with Gasteiger partial charge in [-0.2, -0.15) is 0 Å². The number of ether oxygens (including phenoxy) is 1. The zero-order valence-corrected chi connectivity index (χ0v) is 11.5. The predicted molar refractivity (Wildman–Crippen MR) is 49.6 cm³/mol. The van der Waals surface area contributed by atoms with E-state index >= 15 is 0 Å². The van der Waals surface area contributed by atoms with Gasteiger partial charge in [-0.15, -0.1) is 5.01 Å². The summed E-state index contributed by atoms with van der Waals surface area (Å²) < 4.78 is 4.79. The van der Waals surface area contributed by atoms with Crippen LogP contribution in [-0.4, -0.2) is 53.8 Å². The molecule has 1 aliphatic heterocycles. The van der Waals surface area contributed by atoms with Crippen LogP contribution in [0.3, 0.4) is 0 Å². The van der Waals surface area contributed by atoms with Crippen molar-refractivity contribution in [2.75, 3.05) is 32.8 Å². The van der Waals surface area contributed by atoms with Gasteiger partial charge in [0.15, 0.2) is 0 Å². The Balaban J connectivity index is 0.00000225. The summed E-state index contributed by atoms with van der Waals surface area (Å²) in [5, 5.41) is 24.2. The molecule has 0 aromatic heterocycles. The molecule has 1 saturated heterocycles. The quantitative estimate of drug-likeness (QED) is 0.224. The summed E-state index contributed by atoms with van der Waals surface area (Å²) in [4.78, 5) is 12.7. The summed E-state index contributed by atoms with van der Waals surface area (Å²) in [5.74, 6) is 0. The molecule has 86 valence electrons. The maximum atomic E-state index is 11.3. The van der Waals surface area contributed by atoms with Crippen LogP contribution in [-0.2, 0) is 4.74 Å². The van der Waals surface area contributed by atoms with Gasteiger partial charge in [-0.1, -0.05) is 0 Å². The largest absolute Gasteiger partial charge is 1.00 e. The minimum absolute atomic E-state index is 0. The van der Waals surface area contributed by atoms with Crippen molar-refractivity contribution in [2.24, 2.45) is 5.28 Å². The molecule has 0 saturated carbocycles. The fraction of sp³-hybridized carbons (Fsp3) is 0.857. The van der Waals surface area contributed by atoms with E-state index in [-0.39, 0.29) is 47.6 Å². The first-order chi connectivity index (χ1) is 7.19. The topological polar surface area (TPSA) is 94.3 Å². The van der Waals surface area contributed by atoms with Gasteiger partial charge in [0, 0.05) is 18.1 Å². The number of carbonyl (C=O) groups is 1. The number of amides is 1. The Morgan fingerprint density at radius 2 is 2.00 bits per heavy atom. The van der Waals surface area contributed by atoms with E-state index in [0.717, 1.165) is 0 Å². The molecule has 0 atom stereocenters. The van der Waals surface area contributed by atoms with Crippen LogP contribution < -0.4 is 29.6 Å². The molecule has 1 rings (SSSR count). The Morgan fingerprint density at radius 3 is 2.44 bits per heavy atom. The van der Waals surface area contributed by atoms with Crippen molar-refractivity contribution >= 4 is 6.09 Å². The van der Waals surface area contributed by atoms with Crippen LogP contribution in [0.25, 0.3) is 0 Å². The average Bonchev–Trinajstić information content (AvgIpc) is 2.28. The van der Waals surface area contributed by atoms with Gasteiger partial charge in [-0.3, -0.25) is 0 Å². The third kappa shape index (κ3) is 4.03. The van der Waals surface area contributed by atoms with E-state index in [1.165, 1.54) is 9.91 Å². The third-order valence-electron chi connectivity index (χ3n) is 2.09. The Labute approximate surface area is 115 Å². The van der Waals surface area contributed by atoms with Gasteiger partial charge < -0.3 is 20.1 Å². The van der Waals surface area contributed by atoms with Crippen molar-refractivity contribution in [2.45, 2.75) is 6.92 Å². The molecule has 0 radical (unpaired) electrons. The SMILES string of the molecule is CCOC(=O)N1CCN(/[N+]([O-])=N\[O-])CC1.[Na+]. The van der Waals surface area contributed by atoms with Crippen LogP contribution in [0.4, 0.5) is 4.79 Å². The molecule has 0 unspecified atom stereocenters. The van der Waals surface area contributed by atoms with Gasteiger partial charge in [0.2, 0.25) is 0 Å². The fourth-order valence-corrected chi connectivity index (χ4v) is 1.32. The molecule has 16 heavy (non-hydrogen) atoms. The molecule has 0 aromatic rings. The van der Waals surface area contributed by atoms with Crippen LogP contribution in [0.1, 0.15) is 6.92 Å². The van der Waals surface area contributed by atoms with Crippen LogP contribution in [0.2, 0.25) is 0 Å². The molecule has 9 heteroatoms. The predicted octanol–water partition coefficient (Wildman–Crippen LogP) is -2.86. The first-order valence-electron chi connectivity index (χ1n) is 4.66. The third-order valence-corrected chi connectivity index (χ3v) is 2.09. The van der Waals surface area contributed by atoms with Crippen molar-refractivity contribution in [3.8, 4) is 0 Å². The number of hydrogen-bond donors (Lipinski definition) is 0. The molecular weight excluding hydrogens is 227 g/mol. The number of piperazine rings is 1. The summed E-state index contributed by atoms with van der Waals surface area (Å²) in [6.45, 7) is 3.33. The van der Waals surface area contributed by atoms with Gasteiger partial charge in [-0.05, 0) is 12.2 Å². The van der Waals surface area contributed by atoms with E-state index in [1.54, 1.807) is 6.92 Å². The molecule has 0 N–H and O–H groups in total. The standard InChI is InChI=1S/C7H14N4O4.Na/c1-2-15-7(12)9-3-5-10(6-4-9)11(14)8-13;/h13H,2-6H2,1H3;/q;+1/p-1/b11-8+;. The van der Waals surface area contributed by atoms with Crippen molar-refractivity contribution in [3.05, 3.63) is 10.4 Å². The van der Waals surface area contributed by atoms with Gasteiger partial charge >= 0.3 is 35.7 Å². The molecular formula is C7H13N4NaO4. The summed E-state index contributed by atoms with van der Waals surface area (Å²) in [6, 6.07) is 0. The molecule has 1 fully saturated rings. The normalized spacial score (nSPS) is 16.7. The van der Waals surface area contributed by atoms with Crippen LogP contribution in [0.5, 0.6) is 0 Å². The van der Waals surface area contributed by atoms with E-state index in [2.05, 4.69) is 5.28 Å². The average molecular weight is 240 g/mol. The molecule has 0 aliphatic carbocycles. The van der Waals surface area contributed by atoms with E-state index in [9.17, 15) is 15.2 Å². The minimum atomic E-state index is -0.395. The van der Waals surface area contributed by atoms with E-state index < -0.39 is 6.09 Å². The summed E-state index contributed by atoms with van der Waals surface area (Å²) in [5.41, 5.74) is 0. The van der Waals surface area contributed by atoms with Crippen LogP contribution in [0, 0.1) is 10.4 Å². The zero-order chi connectivity index (χ0) is 11.3. The van der Waals surface area contributed by atoms with Crippen molar-refractivity contribution in [1.82, 2.24) is 9.91 Å². The van der Waals surface area contributed by atoms with Crippen molar-refractivity contribution in [3.63, 3.8) is 0 Å². The monoisotopic (exact) mass is 240 g/mol. The Morgan fingerprint density at radius 1 is 1.44 bits per heavy atom. The van der Waals surface area contributed by atoms with Crippen molar-refractivity contribution < 1.29 is 44.1 Å². The molecule has 8 nitrogen and oxygen atoms in total. The van der Waals surface area contributed by atoms with Gasteiger partial charge in [0.05, 0.1) is 19.7 Å². The molecule has 0 bridgehead atoms. The summed E-state index contributed by atoms with van der Waals surface area (Å²) >= 11 is 0. The summed E-state index contributed by atoms with van der Waals surface area (Å²) in [7, 11) is 0. The van der Waals surface area contributed by atoms with Gasteiger partial charge in [0.1, 0.15) is 0 Å². The first-order valence-corrected chi connectivity index (χ1v) is 4.66. The Hall–Kier alpha value is -0.730. The number of nitrogens with zero attached hydrogens (tertiary/aromatic N) is 4. The zero-order valence-electron chi connectivity index (χ0n) is 9.46. The number of carbonyl (C=O) groups excluding carboxylic acids is 1. The van der Waals surface area contributed by atoms with E-state index in [0.29, 0.717) is 19.7 Å². The number of hydrogen-bond acceptors (Lipinski definition) is 5. The molecule has 1 amide bonds. The maximum Gasteiger partial charge on any atom is 1.00 e. The van der Waals surface area contributed by atoms with E-state index in [4.69, 9.17) is 4.74 Å².